The van der Waals surface area contributed by atoms with E-state index in [0.29, 0.717) is 5.56 Å². The first-order chi connectivity index (χ1) is 14.0. The van der Waals surface area contributed by atoms with E-state index in [9.17, 15) is 9.59 Å². The molecule has 0 atom stereocenters. The monoisotopic (exact) mass is 390 g/mol. The van der Waals surface area contributed by atoms with E-state index < -0.39 is 11.9 Å². The van der Waals surface area contributed by atoms with Crippen molar-refractivity contribution in [2.24, 2.45) is 0 Å². The van der Waals surface area contributed by atoms with E-state index in [4.69, 9.17) is 4.74 Å². The summed E-state index contributed by atoms with van der Waals surface area (Å²) in [4.78, 5) is 23.5. The summed E-state index contributed by atoms with van der Waals surface area (Å²) in [5.41, 5.74) is 4.83. The number of hydrogen-bond acceptors (Lipinski definition) is 5. The molecule has 6 heteroatoms. The van der Waals surface area contributed by atoms with Gasteiger partial charge in [0.1, 0.15) is 6.61 Å². The van der Waals surface area contributed by atoms with Gasteiger partial charge in [-0.3, -0.25) is 0 Å². The second-order valence-electron chi connectivity index (χ2n) is 6.45. The maximum Gasteiger partial charge on any atom is 0.337 e. The standard InChI is InChI=1S/C23H22N2O4/c1-16-21(17(2)25(24-16)20-7-5-4-6-8-20)15-29-22(26)14-11-18-9-12-19(13-10-18)23(27)28-3/h4-14H,15H2,1-3H3/b14-11+. The molecule has 0 bridgehead atoms. The molecule has 148 valence electrons. The van der Waals surface area contributed by atoms with Crippen molar-refractivity contribution in [3.05, 3.63) is 88.8 Å². The Morgan fingerprint density at radius 1 is 1.03 bits per heavy atom. The van der Waals surface area contributed by atoms with Crippen LogP contribution >= 0.6 is 0 Å². The van der Waals surface area contributed by atoms with Crippen LogP contribution in [0.15, 0.2) is 60.7 Å². The van der Waals surface area contributed by atoms with E-state index in [0.717, 1.165) is 28.2 Å². The lowest BCUT2D eigenvalue weighted by Gasteiger charge is -2.05. The highest BCUT2D eigenvalue weighted by atomic mass is 16.5. The van der Waals surface area contributed by atoms with Gasteiger partial charge in [0.05, 0.1) is 24.1 Å². The van der Waals surface area contributed by atoms with Crippen LogP contribution in [0, 0.1) is 13.8 Å². The van der Waals surface area contributed by atoms with Crippen LogP contribution in [0.3, 0.4) is 0 Å². The van der Waals surface area contributed by atoms with Crippen molar-refractivity contribution in [3.63, 3.8) is 0 Å². The third-order valence-corrected chi connectivity index (χ3v) is 4.54. The summed E-state index contributed by atoms with van der Waals surface area (Å²) in [6.07, 6.45) is 3.00. The minimum atomic E-state index is -0.451. The van der Waals surface area contributed by atoms with Gasteiger partial charge < -0.3 is 9.47 Å². The summed E-state index contributed by atoms with van der Waals surface area (Å²) in [5, 5.41) is 4.55. The smallest absolute Gasteiger partial charge is 0.337 e. The zero-order chi connectivity index (χ0) is 20.8. The van der Waals surface area contributed by atoms with Gasteiger partial charge in [-0.2, -0.15) is 5.10 Å². The molecule has 3 aromatic rings. The predicted octanol–water partition coefficient (Wildman–Crippen LogP) is 4.03. The van der Waals surface area contributed by atoms with E-state index in [2.05, 4.69) is 9.84 Å². The molecule has 0 aliphatic heterocycles. The van der Waals surface area contributed by atoms with E-state index in [1.165, 1.54) is 13.2 Å². The van der Waals surface area contributed by atoms with Gasteiger partial charge in [-0.25, -0.2) is 14.3 Å². The summed E-state index contributed by atoms with van der Waals surface area (Å²) in [7, 11) is 1.33. The van der Waals surface area contributed by atoms with Crippen LogP contribution in [-0.2, 0) is 20.9 Å². The van der Waals surface area contributed by atoms with Crippen molar-refractivity contribution in [2.75, 3.05) is 7.11 Å². The van der Waals surface area contributed by atoms with Gasteiger partial charge in [0.25, 0.3) is 0 Å². The fourth-order valence-electron chi connectivity index (χ4n) is 2.91. The largest absolute Gasteiger partial charge is 0.465 e. The highest BCUT2D eigenvalue weighted by Crippen LogP contribution is 2.18. The number of methoxy groups -OCH3 is 1. The lowest BCUT2D eigenvalue weighted by molar-refractivity contribution is -0.138. The molecule has 0 aliphatic carbocycles. The van der Waals surface area contributed by atoms with Crippen molar-refractivity contribution in [1.82, 2.24) is 9.78 Å². The van der Waals surface area contributed by atoms with Gasteiger partial charge in [-0.15, -0.1) is 0 Å². The van der Waals surface area contributed by atoms with Crippen LogP contribution in [-0.4, -0.2) is 28.8 Å². The van der Waals surface area contributed by atoms with Crippen molar-refractivity contribution in [2.45, 2.75) is 20.5 Å². The summed E-state index contributed by atoms with van der Waals surface area (Å²) >= 11 is 0. The fourth-order valence-corrected chi connectivity index (χ4v) is 2.91. The van der Waals surface area contributed by atoms with Crippen molar-refractivity contribution in [3.8, 4) is 5.69 Å². The highest BCUT2D eigenvalue weighted by molar-refractivity contribution is 5.90. The SMILES string of the molecule is COC(=O)c1ccc(/C=C/C(=O)OCc2c(C)nn(-c3ccccc3)c2C)cc1. The maximum absolute atomic E-state index is 12.1. The number of ether oxygens (including phenoxy) is 2. The molecule has 0 radical (unpaired) electrons. The second-order valence-corrected chi connectivity index (χ2v) is 6.45. The lowest BCUT2D eigenvalue weighted by Crippen LogP contribution is -2.03. The molecular weight excluding hydrogens is 368 g/mol. The highest BCUT2D eigenvalue weighted by Gasteiger charge is 2.14. The van der Waals surface area contributed by atoms with Crippen LogP contribution < -0.4 is 0 Å². The van der Waals surface area contributed by atoms with Crippen LogP contribution in [0.1, 0.15) is 32.9 Å². The zero-order valence-corrected chi connectivity index (χ0v) is 16.6. The number of aromatic nitrogens is 2. The number of aryl methyl sites for hydroxylation is 1. The van der Waals surface area contributed by atoms with Crippen LogP contribution in [0.2, 0.25) is 0 Å². The lowest BCUT2D eigenvalue weighted by atomic mass is 10.1. The predicted molar refractivity (Wildman–Crippen MR) is 110 cm³/mol. The number of carbonyl (C=O) groups is 2. The van der Waals surface area contributed by atoms with Gasteiger partial charge in [-0.05, 0) is 49.8 Å². The summed E-state index contributed by atoms with van der Waals surface area (Å²) < 4.78 is 11.9. The molecule has 1 heterocycles. The van der Waals surface area contributed by atoms with E-state index in [1.54, 1.807) is 30.3 Å². The minimum absolute atomic E-state index is 0.148. The van der Waals surface area contributed by atoms with Gasteiger partial charge in [0.2, 0.25) is 0 Å². The Kier molecular flexibility index (Phi) is 6.24. The van der Waals surface area contributed by atoms with Crippen molar-refractivity contribution < 1.29 is 19.1 Å². The molecule has 6 nitrogen and oxygen atoms in total. The van der Waals surface area contributed by atoms with Crippen LogP contribution in [0.5, 0.6) is 0 Å². The molecule has 0 amide bonds. The summed E-state index contributed by atoms with van der Waals surface area (Å²) in [6, 6.07) is 16.5. The van der Waals surface area contributed by atoms with Gasteiger partial charge in [-0.1, -0.05) is 30.3 Å². The number of hydrogen-bond donors (Lipinski definition) is 0. The normalized spacial score (nSPS) is 10.9. The fraction of sp³-hybridized carbons (Fsp3) is 0.174. The number of para-hydroxylation sites is 1. The first kappa shape index (κ1) is 20.1. The molecule has 0 fully saturated rings. The Morgan fingerprint density at radius 3 is 2.38 bits per heavy atom. The zero-order valence-electron chi connectivity index (χ0n) is 16.6. The van der Waals surface area contributed by atoms with Gasteiger partial charge >= 0.3 is 11.9 Å². The van der Waals surface area contributed by atoms with E-state index >= 15 is 0 Å². The van der Waals surface area contributed by atoms with E-state index in [1.807, 2.05) is 48.9 Å². The topological polar surface area (TPSA) is 70.4 Å². The average Bonchev–Trinajstić information content (AvgIpc) is 3.04. The first-order valence-corrected chi connectivity index (χ1v) is 9.13. The Balaban J connectivity index is 1.63. The molecule has 29 heavy (non-hydrogen) atoms. The molecule has 0 unspecified atom stereocenters. The van der Waals surface area contributed by atoms with Gasteiger partial charge in [0.15, 0.2) is 0 Å². The molecule has 0 saturated heterocycles. The Labute approximate surface area is 169 Å². The first-order valence-electron chi connectivity index (χ1n) is 9.13. The number of benzene rings is 2. The Hall–Kier alpha value is -3.67. The van der Waals surface area contributed by atoms with E-state index in [-0.39, 0.29) is 6.61 Å². The minimum Gasteiger partial charge on any atom is -0.465 e. The maximum atomic E-state index is 12.1. The van der Waals surface area contributed by atoms with Crippen molar-refractivity contribution >= 4 is 18.0 Å². The van der Waals surface area contributed by atoms with Crippen LogP contribution in [0.25, 0.3) is 11.8 Å². The molecular formula is C23H22N2O4. The molecule has 2 aromatic carbocycles. The number of rotatable bonds is 6. The number of carbonyl (C=O) groups excluding carboxylic acids is 2. The quantitative estimate of drug-likeness (QED) is 0.469. The van der Waals surface area contributed by atoms with Gasteiger partial charge in [0, 0.05) is 17.3 Å². The Morgan fingerprint density at radius 2 is 1.72 bits per heavy atom. The average molecular weight is 390 g/mol. The number of esters is 2. The van der Waals surface area contributed by atoms with Crippen LogP contribution in [0.4, 0.5) is 0 Å². The number of nitrogens with zero attached hydrogens (tertiary/aromatic N) is 2. The molecule has 0 saturated carbocycles. The third-order valence-electron chi connectivity index (χ3n) is 4.54. The van der Waals surface area contributed by atoms with Crippen molar-refractivity contribution in [1.29, 1.82) is 0 Å². The molecule has 1 aromatic heterocycles. The molecule has 3 rings (SSSR count). The third kappa shape index (κ3) is 4.79. The Bertz CT molecular complexity index is 1030. The molecule has 0 aliphatic rings. The molecule has 0 N–H and O–H groups in total. The summed E-state index contributed by atoms with van der Waals surface area (Å²) in [5.74, 6) is -0.852. The summed E-state index contributed by atoms with van der Waals surface area (Å²) in [6.45, 7) is 4.00. The molecule has 0 spiro atoms. The second kappa shape index (κ2) is 9.01.